The highest BCUT2D eigenvalue weighted by Crippen LogP contribution is 2.34. The molecule has 1 atom stereocenters. The van der Waals surface area contributed by atoms with Gasteiger partial charge in [0.05, 0.1) is 31.5 Å². The number of aliphatic hydroxyl groups is 1. The molecule has 2 N–H and O–H groups in total. The van der Waals surface area contributed by atoms with E-state index in [-0.39, 0.29) is 16.9 Å². The summed E-state index contributed by atoms with van der Waals surface area (Å²) < 4.78 is 49.2. The number of carbonyl (C=O) groups is 1. The van der Waals surface area contributed by atoms with Gasteiger partial charge >= 0.3 is 6.18 Å². The summed E-state index contributed by atoms with van der Waals surface area (Å²) in [6.07, 6.45) is -6.12. The van der Waals surface area contributed by atoms with Crippen molar-refractivity contribution in [2.45, 2.75) is 12.3 Å². The molecule has 8 heteroatoms. The third-order valence-electron chi connectivity index (χ3n) is 3.73. The molecule has 0 heterocycles. The van der Waals surface area contributed by atoms with Crippen LogP contribution in [0.1, 0.15) is 27.6 Å². The highest BCUT2D eigenvalue weighted by molar-refractivity contribution is 5.97. The van der Waals surface area contributed by atoms with E-state index in [0.29, 0.717) is 5.75 Å². The fourth-order valence-electron chi connectivity index (χ4n) is 2.43. The van der Waals surface area contributed by atoms with Crippen molar-refractivity contribution in [1.82, 2.24) is 5.32 Å². The Hall–Kier alpha value is -2.74. The van der Waals surface area contributed by atoms with Gasteiger partial charge in [0.25, 0.3) is 5.91 Å². The molecular weight excluding hydrogens is 351 g/mol. The summed E-state index contributed by atoms with van der Waals surface area (Å²) in [5.41, 5.74) is -1.11. The van der Waals surface area contributed by atoms with Crippen LogP contribution in [-0.4, -0.2) is 31.8 Å². The molecule has 2 aromatic carbocycles. The number of aliphatic hydroxyl groups excluding tert-OH is 1. The monoisotopic (exact) mass is 369 g/mol. The quantitative estimate of drug-likeness (QED) is 0.821. The smallest absolute Gasteiger partial charge is 0.416 e. The summed E-state index contributed by atoms with van der Waals surface area (Å²) in [4.78, 5) is 12.3. The molecule has 0 saturated heterocycles. The molecule has 2 aromatic rings. The van der Waals surface area contributed by atoms with E-state index in [1.165, 1.54) is 44.6 Å². The Morgan fingerprint density at radius 2 is 1.85 bits per heavy atom. The van der Waals surface area contributed by atoms with Gasteiger partial charge in [-0.3, -0.25) is 4.79 Å². The molecule has 0 spiro atoms. The number of ether oxygens (including phenoxy) is 2. The SMILES string of the molecule is COc1ccc(OC)c(C(=O)NCC(O)c2ccccc2C(F)(F)F)c1. The third-order valence-corrected chi connectivity index (χ3v) is 3.73. The van der Waals surface area contributed by atoms with Crippen LogP contribution in [0.25, 0.3) is 0 Å². The van der Waals surface area contributed by atoms with Crippen LogP contribution in [0.5, 0.6) is 11.5 Å². The van der Waals surface area contributed by atoms with Gasteiger partial charge in [-0.2, -0.15) is 13.2 Å². The van der Waals surface area contributed by atoms with Crippen LogP contribution in [0.3, 0.4) is 0 Å². The average molecular weight is 369 g/mol. The zero-order valence-corrected chi connectivity index (χ0v) is 14.1. The molecular formula is C18H18F3NO4. The molecule has 0 fully saturated rings. The lowest BCUT2D eigenvalue weighted by molar-refractivity contribution is -0.139. The first-order chi connectivity index (χ1) is 12.3. The molecule has 2 rings (SSSR count). The first kappa shape index (κ1) is 19.6. The highest BCUT2D eigenvalue weighted by atomic mass is 19.4. The van der Waals surface area contributed by atoms with Crippen LogP contribution >= 0.6 is 0 Å². The van der Waals surface area contributed by atoms with Crippen molar-refractivity contribution >= 4 is 5.91 Å². The van der Waals surface area contributed by atoms with Crippen LogP contribution in [-0.2, 0) is 6.18 Å². The Kier molecular flexibility index (Phi) is 6.10. The maximum absolute atomic E-state index is 13.0. The van der Waals surface area contributed by atoms with Gasteiger partial charge in [0.15, 0.2) is 0 Å². The van der Waals surface area contributed by atoms with Crippen molar-refractivity contribution in [3.05, 3.63) is 59.2 Å². The Morgan fingerprint density at radius 3 is 2.46 bits per heavy atom. The molecule has 0 aliphatic rings. The van der Waals surface area contributed by atoms with Gasteiger partial charge in [0.1, 0.15) is 11.5 Å². The van der Waals surface area contributed by atoms with Crippen LogP contribution in [0.4, 0.5) is 13.2 Å². The van der Waals surface area contributed by atoms with E-state index in [0.717, 1.165) is 6.07 Å². The number of nitrogens with one attached hydrogen (secondary N) is 1. The van der Waals surface area contributed by atoms with Crippen molar-refractivity contribution in [3.63, 3.8) is 0 Å². The Morgan fingerprint density at radius 1 is 1.15 bits per heavy atom. The number of halogens is 3. The first-order valence-electron chi connectivity index (χ1n) is 7.62. The third kappa shape index (κ3) is 4.45. The van der Waals surface area contributed by atoms with Crippen molar-refractivity contribution in [2.75, 3.05) is 20.8 Å². The fraction of sp³-hybridized carbons (Fsp3) is 0.278. The molecule has 1 amide bonds. The number of carbonyl (C=O) groups excluding carboxylic acids is 1. The normalized spacial score (nSPS) is 12.4. The van der Waals surface area contributed by atoms with Crippen molar-refractivity contribution in [1.29, 1.82) is 0 Å². The van der Waals surface area contributed by atoms with Crippen LogP contribution < -0.4 is 14.8 Å². The van der Waals surface area contributed by atoms with Gasteiger partial charge < -0.3 is 19.9 Å². The van der Waals surface area contributed by atoms with E-state index in [2.05, 4.69) is 5.32 Å². The minimum absolute atomic E-state index is 0.142. The zero-order chi connectivity index (χ0) is 19.3. The van der Waals surface area contributed by atoms with E-state index in [1.54, 1.807) is 6.07 Å². The topological polar surface area (TPSA) is 67.8 Å². The predicted octanol–water partition coefficient (Wildman–Crippen LogP) is 3.19. The molecule has 0 aliphatic carbocycles. The lowest BCUT2D eigenvalue weighted by Crippen LogP contribution is -2.29. The van der Waals surface area contributed by atoms with Crippen LogP contribution in [0, 0.1) is 0 Å². The number of hydrogen-bond donors (Lipinski definition) is 2. The molecule has 26 heavy (non-hydrogen) atoms. The minimum atomic E-state index is -4.60. The van der Waals surface area contributed by atoms with Crippen molar-refractivity contribution < 1.29 is 32.5 Å². The zero-order valence-electron chi connectivity index (χ0n) is 14.1. The number of hydrogen-bond acceptors (Lipinski definition) is 4. The van der Waals surface area contributed by atoms with Gasteiger partial charge in [-0.25, -0.2) is 0 Å². The molecule has 0 aromatic heterocycles. The summed E-state index contributed by atoms with van der Waals surface area (Å²) in [7, 11) is 2.81. The van der Waals surface area contributed by atoms with E-state index in [4.69, 9.17) is 9.47 Å². The summed E-state index contributed by atoms with van der Waals surface area (Å²) in [5.74, 6) is 0.0803. The molecule has 0 saturated carbocycles. The number of alkyl halides is 3. The van der Waals surface area contributed by atoms with Crippen LogP contribution in [0.2, 0.25) is 0 Å². The lowest BCUT2D eigenvalue weighted by Gasteiger charge is -2.18. The Labute approximate surface area is 148 Å². The van der Waals surface area contributed by atoms with E-state index in [9.17, 15) is 23.1 Å². The maximum atomic E-state index is 13.0. The fourth-order valence-corrected chi connectivity index (χ4v) is 2.43. The summed E-state index contributed by atoms with van der Waals surface area (Å²) in [5, 5.41) is 12.5. The molecule has 0 radical (unpaired) electrons. The number of benzene rings is 2. The Bertz CT molecular complexity index is 777. The predicted molar refractivity (Wildman–Crippen MR) is 88.3 cm³/mol. The average Bonchev–Trinajstić information content (AvgIpc) is 2.64. The highest BCUT2D eigenvalue weighted by Gasteiger charge is 2.34. The molecule has 1 unspecified atom stereocenters. The molecule has 140 valence electrons. The lowest BCUT2D eigenvalue weighted by atomic mass is 10.0. The molecule has 0 bridgehead atoms. The molecule has 5 nitrogen and oxygen atoms in total. The maximum Gasteiger partial charge on any atom is 0.416 e. The minimum Gasteiger partial charge on any atom is -0.497 e. The Balaban J connectivity index is 2.16. The number of rotatable bonds is 6. The van der Waals surface area contributed by atoms with Gasteiger partial charge in [-0.05, 0) is 29.8 Å². The largest absolute Gasteiger partial charge is 0.497 e. The molecule has 0 aliphatic heterocycles. The number of amides is 1. The van der Waals surface area contributed by atoms with Gasteiger partial charge in [-0.1, -0.05) is 18.2 Å². The second-order valence-corrected chi connectivity index (χ2v) is 5.38. The summed E-state index contributed by atoms with van der Waals surface area (Å²) >= 11 is 0. The number of methoxy groups -OCH3 is 2. The van der Waals surface area contributed by atoms with Gasteiger partial charge in [0.2, 0.25) is 0 Å². The van der Waals surface area contributed by atoms with Crippen molar-refractivity contribution in [3.8, 4) is 11.5 Å². The van der Waals surface area contributed by atoms with E-state index in [1.807, 2.05) is 0 Å². The van der Waals surface area contributed by atoms with E-state index >= 15 is 0 Å². The van der Waals surface area contributed by atoms with Gasteiger partial charge in [-0.15, -0.1) is 0 Å². The van der Waals surface area contributed by atoms with Crippen molar-refractivity contribution in [2.24, 2.45) is 0 Å². The first-order valence-corrected chi connectivity index (χ1v) is 7.62. The standard InChI is InChI=1S/C18H18F3NO4/c1-25-11-7-8-16(26-2)13(9-11)17(24)22-10-15(23)12-5-3-4-6-14(12)18(19,20)21/h3-9,15,23H,10H2,1-2H3,(H,22,24). The second-order valence-electron chi connectivity index (χ2n) is 5.38. The van der Waals surface area contributed by atoms with Gasteiger partial charge in [0, 0.05) is 6.54 Å². The summed E-state index contributed by atoms with van der Waals surface area (Å²) in [6, 6.07) is 9.24. The summed E-state index contributed by atoms with van der Waals surface area (Å²) in [6.45, 7) is -0.397. The second kappa shape index (κ2) is 8.09. The van der Waals surface area contributed by atoms with Crippen LogP contribution in [0.15, 0.2) is 42.5 Å². The van der Waals surface area contributed by atoms with E-state index < -0.39 is 30.3 Å².